The number of hydrogen-bond acceptors (Lipinski definition) is 2. The molecular formula is C12H18S2. The Balaban J connectivity index is 2.59. The van der Waals surface area contributed by atoms with Crippen LogP contribution in [0.1, 0.15) is 27.7 Å². The molecule has 0 nitrogen and oxygen atoms in total. The van der Waals surface area contributed by atoms with Crippen LogP contribution in [0.2, 0.25) is 0 Å². The van der Waals surface area contributed by atoms with Crippen LogP contribution in [-0.4, -0.2) is 10.5 Å². The van der Waals surface area contributed by atoms with Crippen molar-refractivity contribution in [2.75, 3.05) is 0 Å². The van der Waals surface area contributed by atoms with Gasteiger partial charge >= 0.3 is 0 Å². The first-order valence-corrected chi connectivity index (χ1v) is 6.77. The summed E-state index contributed by atoms with van der Waals surface area (Å²) in [6.07, 6.45) is 0. The van der Waals surface area contributed by atoms with E-state index in [1.165, 1.54) is 9.79 Å². The van der Waals surface area contributed by atoms with Gasteiger partial charge in [-0.05, 0) is 24.3 Å². The van der Waals surface area contributed by atoms with Crippen molar-refractivity contribution in [2.45, 2.75) is 48.0 Å². The van der Waals surface area contributed by atoms with E-state index in [9.17, 15) is 0 Å². The normalized spacial score (nSPS) is 11.3. The van der Waals surface area contributed by atoms with E-state index in [-0.39, 0.29) is 0 Å². The summed E-state index contributed by atoms with van der Waals surface area (Å²) >= 11 is 3.83. The van der Waals surface area contributed by atoms with Crippen LogP contribution < -0.4 is 0 Å². The van der Waals surface area contributed by atoms with Crippen LogP contribution in [0.3, 0.4) is 0 Å². The zero-order chi connectivity index (χ0) is 10.6. The lowest BCUT2D eigenvalue weighted by Crippen LogP contribution is -1.87. The molecule has 1 aromatic rings. The molecule has 1 rings (SSSR count). The molecule has 0 fully saturated rings. The molecule has 0 heterocycles. The molecule has 0 aliphatic carbocycles. The molecule has 0 saturated carbocycles. The minimum Gasteiger partial charge on any atom is -0.123 e. The molecule has 0 N–H and O–H groups in total. The molecule has 0 atom stereocenters. The monoisotopic (exact) mass is 226 g/mol. The van der Waals surface area contributed by atoms with Crippen LogP contribution in [0.15, 0.2) is 34.1 Å². The van der Waals surface area contributed by atoms with Crippen molar-refractivity contribution < 1.29 is 0 Å². The Labute approximate surface area is 95.9 Å². The largest absolute Gasteiger partial charge is 0.123 e. The molecule has 14 heavy (non-hydrogen) atoms. The molecule has 0 radical (unpaired) electrons. The lowest BCUT2D eigenvalue weighted by Gasteiger charge is -2.07. The van der Waals surface area contributed by atoms with Crippen molar-refractivity contribution in [3.05, 3.63) is 24.3 Å². The molecule has 0 spiro atoms. The molecule has 1 aromatic carbocycles. The Morgan fingerprint density at radius 1 is 0.714 bits per heavy atom. The number of thioether (sulfide) groups is 2. The Kier molecular flexibility index (Phi) is 4.90. The van der Waals surface area contributed by atoms with Gasteiger partial charge in [0, 0.05) is 20.3 Å². The fourth-order valence-electron chi connectivity index (χ4n) is 1.14. The highest BCUT2D eigenvalue weighted by Crippen LogP contribution is 2.27. The minimum absolute atomic E-state index is 0.665. The van der Waals surface area contributed by atoms with Crippen molar-refractivity contribution in [2.24, 2.45) is 0 Å². The summed E-state index contributed by atoms with van der Waals surface area (Å²) < 4.78 is 0. The minimum atomic E-state index is 0.665. The lowest BCUT2D eigenvalue weighted by molar-refractivity contribution is 1.10. The second-order valence-corrected chi connectivity index (χ2v) is 7.10. The summed E-state index contributed by atoms with van der Waals surface area (Å²) in [6.45, 7) is 8.89. The fraction of sp³-hybridized carbons (Fsp3) is 0.500. The molecule has 78 valence electrons. The Morgan fingerprint density at radius 3 is 1.21 bits per heavy atom. The zero-order valence-corrected chi connectivity index (χ0v) is 10.9. The average molecular weight is 226 g/mol. The number of rotatable bonds is 4. The van der Waals surface area contributed by atoms with Gasteiger partial charge in [-0.25, -0.2) is 0 Å². The molecule has 0 aromatic heterocycles. The maximum absolute atomic E-state index is 2.22. The van der Waals surface area contributed by atoms with Gasteiger partial charge in [0.05, 0.1) is 0 Å². The summed E-state index contributed by atoms with van der Waals surface area (Å²) in [5.41, 5.74) is 0. The van der Waals surface area contributed by atoms with E-state index in [1.54, 1.807) is 0 Å². The molecule has 0 saturated heterocycles. The van der Waals surface area contributed by atoms with E-state index in [2.05, 4.69) is 52.0 Å². The van der Waals surface area contributed by atoms with E-state index in [1.807, 2.05) is 23.5 Å². The molecule has 0 amide bonds. The van der Waals surface area contributed by atoms with Crippen molar-refractivity contribution in [3.8, 4) is 0 Å². The average Bonchev–Trinajstić information content (AvgIpc) is 2.06. The second-order valence-electron chi connectivity index (χ2n) is 3.80. The molecule has 0 aliphatic heterocycles. The van der Waals surface area contributed by atoms with Gasteiger partial charge in [-0.15, -0.1) is 23.5 Å². The zero-order valence-electron chi connectivity index (χ0n) is 9.28. The third kappa shape index (κ3) is 4.43. The summed E-state index contributed by atoms with van der Waals surface area (Å²) in [6, 6.07) is 8.87. The lowest BCUT2D eigenvalue weighted by atomic mass is 10.4. The Bertz CT molecular complexity index is 233. The maximum atomic E-state index is 2.22. The standard InChI is InChI=1S/C12H18S2/c1-9(2)13-11-5-7-12(8-6-11)14-10(3)4/h5-10H,1-4H3. The quantitative estimate of drug-likeness (QED) is 0.683. The highest BCUT2D eigenvalue weighted by Gasteiger charge is 2.00. The van der Waals surface area contributed by atoms with Gasteiger partial charge in [-0.1, -0.05) is 27.7 Å². The predicted molar refractivity (Wildman–Crippen MR) is 68.4 cm³/mol. The van der Waals surface area contributed by atoms with Crippen molar-refractivity contribution in [3.63, 3.8) is 0 Å². The summed E-state index contributed by atoms with van der Waals surface area (Å²) in [7, 11) is 0. The van der Waals surface area contributed by atoms with Crippen LogP contribution in [0.25, 0.3) is 0 Å². The van der Waals surface area contributed by atoms with Crippen molar-refractivity contribution in [1.82, 2.24) is 0 Å². The molecule has 0 unspecified atom stereocenters. The summed E-state index contributed by atoms with van der Waals surface area (Å²) in [4.78, 5) is 2.74. The van der Waals surface area contributed by atoms with Gasteiger partial charge < -0.3 is 0 Å². The third-order valence-corrected chi connectivity index (χ3v) is 3.60. The molecule has 2 heteroatoms. The van der Waals surface area contributed by atoms with Gasteiger partial charge in [0.15, 0.2) is 0 Å². The SMILES string of the molecule is CC(C)Sc1ccc(SC(C)C)cc1. The summed E-state index contributed by atoms with van der Waals surface area (Å²) in [5.74, 6) is 0. The summed E-state index contributed by atoms with van der Waals surface area (Å²) in [5, 5.41) is 1.33. The van der Waals surface area contributed by atoms with E-state index in [0.717, 1.165) is 0 Å². The Morgan fingerprint density at radius 2 is 1.00 bits per heavy atom. The van der Waals surface area contributed by atoms with Crippen LogP contribution in [0, 0.1) is 0 Å². The van der Waals surface area contributed by atoms with Crippen LogP contribution in [0.5, 0.6) is 0 Å². The van der Waals surface area contributed by atoms with Crippen molar-refractivity contribution in [1.29, 1.82) is 0 Å². The van der Waals surface area contributed by atoms with E-state index >= 15 is 0 Å². The topological polar surface area (TPSA) is 0 Å². The fourth-order valence-corrected chi connectivity index (χ4v) is 2.82. The first kappa shape index (κ1) is 12.0. The van der Waals surface area contributed by atoms with E-state index < -0.39 is 0 Å². The van der Waals surface area contributed by atoms with Gasteiger partial charge in [0.1, 0.15) is 0 Å². The van der Waals surface area contributed by atoms with Crippen LogP contribution in [0.4, 0.5) is 0 Å². The van der Waals surface area contributed by atoms with Gasteiger partial charge in [0.25, 0.3) is 0 Å². The van der Waals surface area contributed by atoms with Crippen LogP contribution >= 0.6 is 23.5 Å². The van der Waals surface area contributed by atoms with Crippen LogP contribution in [-0.2, 0) is 0 Å². The molecule has 0 aliphatic rings. The van der Waals surface area contributed by atoms with Gasteiger partial charge in [0.2, 0.25) is 0 Å². The van der Waals surface area contributed by atoms with Gasteiger partial charge in [-0.3, -0.25) is 0 Å². The predicted octanol–water partition coefficient (Wildman–Crippen LogP) is 4.69. The van der Waals surface area contributed by atoms with E-state index in [0.29, 0.717) is 10.5 Å². The Hall–Kier alpha value is -0.0800. The first-order chi connectivity index (χ1) is 6.58. The maximum Gasteiger partial charge on any atom is 0.00753 e. The van der Waals surface area contributed by atoms with E-state index in [4.69, 9.17) is 0 Å². The van der Waals surface area contributed by atoms with Gasteiger partial charge in [-0.2, -0.15) is 0 Å². The molecular weight excluding hydrogens is 208 g/mol. The number of benzene rings is 1. The molecule has 0 bridgehead atoms. The third-order valence-electron chi connectivity index (χ3n) is 1.57. The smallest absolute Gasteiger partial charge is 0.00753 e. The second kappa shape index (κ2) is 5.72. The van der Waals surface area contributed by atoms with Crippen molar-refractivity contribution >= 4 is 23.5 Å². The highest BCUT2D eigenvalue weighted by molar-refractivity contribution is 8.00. The number of hydrogen-bond donors (Lipinski definition) is 0. The first-order valence-electron chi connectivity index (χ1n) is 5.01. The highest BCUT2D eigenvalue weighted by atomic mass is 32.2.